The Balaban J connectivity index is 0. The Kier molecular flexibility index (Phi) is 12.2. The van der Waals surface area contributed by atoms with Crippen LogP contribution in [0.4, 0.5) is 0 Å². The van der Waals surface area contributed by atoms with Gasteiger partial charge in [0.2, 0.25) is 0 Å². The minimum absolute atomic E-state index is 0. The Morgan fingerprint density at radius 3 is 1.16 bits per heavy atom. The SMILES string of the molecule is C.C.COc1ccc(C(=N\[O-])/C(=N/[O-])c2ccc(OC)cc2)cc1.[Sn+2]. The van der Waals surface area contributed by atoms with Crippen LogP contribution < -0.4 is 9.47 Å². The summed E-state index contributed by atoms with van der Waals surface area (Å²) in [6, 6.07) is 13.3. The largest absolute Gasteiger partial charge is 2.00 e. The van der Waals surface area contributed by atoms with E-state index in [0.29, 0.717) is 22.6 Å². The van der Waals surface area contributed by atoms with Gasteiger partial charge in [0, 0.05) is 11.1 Å². The second-order valence-corrected chi connectivity index (χ2v) is 4.34. The molecule has 0 saturated heterocycles. The van der Waals surface area contributed by atoms with E-state index in [-0.39, 0.29) is 50.2 Å². The van der Waals surface area contributed by atoms with Crippen LogP contribution in [-0.4, -0.2) is 49.6 Å². The minimum Gasteiger partial charge on any atom is -0.791 e. The van der Waals surface area contributed by atoms with E-state index in [2.05, 4.69) is 10.3 Å². The molecule has 0 aliphatic heterocycles. The third-order valence-electron chi connectivity index (χ3n) is 3.13. The number of nitrogens with zero attached hydrogens (tertiary/aromatic N) is 2. The summed E-state index contributed by atoms with van der Waals surface area (Å²) in [7, 11) is 3.08. The molecule has 0 unspecified atom stereocenters. The minimum atomic E-state index is -0.0252. The van der Waals surface area contributed by atoms with Crippen molar-refractivity contribution in [2.24, 2.45) is 10.3 Å². The first-order chi connectivity index (χ1) is 10.7. The van der Waals surface area contributed by atoms with Gasteiger partial charge in [0.15, 0.2) is 0 Å². The molecule has 2 rings (SSSR count). The quantitative estimate of drug-likeness (QED) is 0.394. The predicted octanol–water partition coefficient (Wildman–Crippen LogP) is 3.87. The van der Waals surface area contributed by atoms with Gasteiger partial charge in [-0.3, -0.25) is 0 Å². The number of ether oxygens (including phenoxy) is 2. The zero-order valence-corrected chi connectivity index (χ0v) is 15.5. The van der Waals surface area contributed by atoms with Gasteiger partial charge in [-0.25, -0.2) is 0 Å². The number of benzene rings is 2. The van der Waals surface area contributed by atoms with E-state index in [1.807, 2.05) is 0 Å². The van der Waals surface area contributed by atoms with E-state index >= 15 is 0 Å². The van der Waals surface area contributed by atoms with Gasteiger partial charge in [0.25, 0.3) is 0 Å². The molecule has 0 heterocycles. The van der Waals surface area contributed by atoms with Crippen LogP contribution in [0.3, 0.4) is 0 Å². The van der Waals surface area contributed by atoms with E-state index in [9.17, 15) is 10.4 Å². The molecule has 0 amide bonds. The van der Waals surface area contributed by atoms with Crippen LogP contribution in [0.25, 0.3) is 0 Å². The van der Waals surface area contributed by atoms with Crippen molar-refractivity contribution in [3.05, 3.63) is 70.1 Å². The molecule has 0 spiro atoms. The second kappa shape index (κ2) is 12.2. The van der Waals surface area contributed by atoms with Gasteiger partial charge in [-0.2, -0.15) is 0 Å². The van der Waals surface area contributed by atoms with Gasteiger partial charge < -0.3 is 30.2 Å². The Labute approximate surface area is 165 Å². The van der Waals surface area contributed by atoms with Crippen molar-refractivity contribution in [2.75, 3.05) is 14.2 Å². The topological polar surface area (TPSA) is 89.3 Å². The molecule has 0 atom stereocenters. The fraction of sp³-hybridized carbons (Fsp3) is 0.222. The van der Waals surface area contributed by atoms with Gasteiger partial charge in [0.05, 0.1) is 25.6 Å². The Bertz CT molecular complexity index is 622. The predicted molar refractivity (Wildman–Crippen MR) is 105 cm³/mol. The fourth-order valence-corrected chi connectivity index (χ4v) is 1.96. The van der Waals surface area contributed by atoms with Gasteiger partial charge in [-0.15, -0.1) is 0 Å². The van der Waals surface area contributed by atoms with Crippen molar-refractivity contribution in [1.29, 1.82) is 0 Å². The van der Waals surface area contributed by atoms with Crippen molar-refractivity contribution in [3.63, 3.8) is 0 Å². The molecule has 7 heteroatoms. The molecule has 0 saturated carbocycles. The summed E-state index contributed by atoms with van der Waals surface area (Å²) in [5.74, 6) is 1.28. The molecule has 0 aliphatic rings. The second-order valence-electron chi connectivity index (χ2n) is 4.34. The monoisotopic (exact) mass is 450 g/mol. The van der Waals surface area contributed by atoms with Gasteiger partial charge in [-0.05, 0) is 48.5 Å². The summed E-state index contributed by atoms with van der Waals surface area (Å²) in [4.78, 5) is 0. The van der Waals surface area contributed by atoms with Crippen LogP contribution in [0.2, 0.25) is 0 Å². The van der Waals surface area contributed by atoms with Crippen LogP contribution in [0.1, 0.15) is 26.0 Å². The van der Waals surface area contributed by atoms with Gasteiger partial charge in [0.1, 0.15) is 11.5 Å². The van der Waals surface area contributed by atoms with E-state index in [1.54, 1.807) is 62.8 Å². The summed E-state index contributed by atoms with van der Waals surface area (Å²) < 4.78 is 10.1. The fourth-order valence-electron chi connectivity index (χ4n) is 1.96. The molecule has 6 nitrogen and oxygen atoms in total. The molecule has 2 aromatic rings. The van der Waals surface area contributed by atoms with E-state index in [4.69, 9.17) is 9.47 Å². The maximum atomic E-state index is 11.2. The first kappa shape index (κ1) is 25.0. The van der Waals surface area contributed by atoms with Crippen LogP contribution in [0.5, 0.6) is 11.5 Å². The molecule has 2 radical (unpaired) electrons. The van der Waals surface area contributed by atoms with E-state index < -0.39 is 0 Å². The normalized spacial score (nSPS) is 10.6. The smallest absolute Gasteiger partial charge is 0.791 e. The maximum Gasteiger partial charge on any atom is 2.00 e. The average molecular weight is 449 g/mol. The molecule has 132 valence electrons. The zero-order chi connectivity index (χ0) is 15.9. The number of rotatable bonds is 5. The molecule has 0 fully saturated rings. The standard InChI is InChI=1S/C16H16N2O4.2CH4.Sn/c1-21-13-7-3-11(4-8-13)15(17-19)16(18-20)12-5-9-14(22-2)10-6-12;;;/h3-10,19-20H,1-2H3;2*1H4;/q;;;+2/p-2/b17-15+,18-16+;;;. The summed E-state index contributed by atoms with van der Waals surface area (Å²) in [5, 5.41) is 28.3. The molecule has 2 aromatic carbocycles. The van der Waals surface area contributed by atoms with Crippen LogP contribution in [0.15, 0.2) is 58.8 Å². The van der Waals surface area contributed by atoms with Crippen molar-refractivity contribution in [2.45, 2.75) is 14.9 Å². The van der Waals surface area contributed by atoms with Crippen LogP contribution >= 0.6 is 0 Å². The Morgan fingerprint density at radius 1 is 0.680 bits per heavy atom. The Hall–Kier alpha value is -2.22. The van der Waals surface area contributed by atoms with Gasteiger partial charge in [-0.1, -0.05) is 14.9 Å². The Morgan fingerprint density at radius 2 is 0.960 bits per heavy atom. The molecule has 0 aromatic heterocycles. The molecule has 0 N–H and O–H groups in total. The third kappa shape index (κ3) is 5.97. The van der Waals surface area contributed by atoms with Crippen molar-refractivity contribution >= 4 is 35.3 Å². The molecule has 0 aliphatic carbocycles. The van der Waals surface area contributed by atoms with E-state index in [1.165, 1.54) is 0 Å². The molecule has 0 bridgehead atoms. The molecular weight excluding hydrogens is 427 g/mol. The molecule has 25 heavy (non-hydrogen) atoms. The number of hydrogen-bond acceptors (Lipinski definition) is 6. The molecular formula is C18H22N2O4Sn. The number of methoxy groups -OCH3 is 2. The van der Waals surface area contributed by atoms with Crippen molar-refractivity contribution < 1.29 is 9.47 Å². The zero-order valence-electron chi connectivity index (χ0n) is 12.6. The first-order valence-electron chi connectivity index (χ1n) is 6.43. The first-order valence-corrected chi connectivity index (χ1v) is 6.43. The van der Waals surface area contributed by atoms with Crippen LogP contribution in [-0.2, 0) is 0 Å². The number of hydrogen-bond donors (Lipinski definition) is 0. The average Bonchev–Trinajstić information content (AvgIpc) is 2.60. The third-order valence-corrected chi connectivity index (χ3v) is 3.13. The summed E-state index contributed by atoms with van der Waals surface area (Å²) in [6.45, 7) is 0. The van der Waals surface area contributed by atoms with Crippen molar-refractivity contribution in [1.82, 2.24) is 0 Å². The summed E-state index contributed by atoms with van der Waals surface area (Å²) in [5.41, 5.74) is 0.924. The van der Waals surface area contributed by atoms with E-state index in [0.717, 1.165) is 0 Å². The van der Waals surface area contributed by atoms with Gasteiger partial charge >= 0.3 is 23.9 Å². The van der Waals surface area contributed by atoms with Crippen LogP contribution in [0, 0.1) is 10.4 Å². The maximum absolute atomic E-state index is 11.2. The summed E-state index contributed by atoms with van der Waals surface area (Å²) in [6.07, 6.45) is 0. The van der Waals surface area contributed by atoms with Crippen molar-refractivity contribution in [3.8, 4) is 11.5 Å². The summed E-state index contributed by atoms with van der Waals surface area (Å²) >= 11 is 0.